The predicted octanol–water partition coefficient (Wildman–Crippen LogP) is -1.39. The number of carbonyl (C=O) groups excluding carboxylic acids is 2. The maximum absolute atomic E-state index is 11.1. The lowest BCUT2D eigenvalue weighted by Gasteiger charge is -2.08. The molecule has 0 amide bonds. The fourth-order valence-corrected chi connectivity index (χ4v) is 0.940. The quantitative estimate of drug-likeness (QED) is 0.402. The molecule has 0 bridgehead atoms. The van der Waals surface area contributed by atoms with Crippen LogP contribution in [-0.4, -0.2) is 60.8 Å². The smallest absolute Gasteiger partial charge is 0.306 e. The first-order chi connectivity index (χ1) is 8.11. The number of carbonyl (C=O) groups is 2. The number of epoxide rings is 1. The molecule has 2 N–H and O–H groups in total. The Morgan fingerprint density at radius 1 is 1.29 bits per heavy atom. The molecule has 7 nitrogen and oxygen atoms in total. The summed E-state index contributed by atoms with van der Waals surface area (Å²) in [6.45, 7) is 0.0719. The number of hydrogen-bond donors (Lipinski definition) is 2. The molecule has 0 radical (unpaired) electrons. The second-order valence-corrected chi connectivity index (χ2v) is 3.66. The first kappa shape index (κ1) is 13.9. The van der Waals surface area contributed by atoms with Gasteiger partial charge in [0.25, 0.3) is 0 Å². The summed E-state index contributed by atoms with van der Waals surface area (Å²) in [7, 11) is 0. The van der Waals surface area contributed by atoms with Gasteiger partial charge in [0, 0.05) is 0 Å². The second-order valence-electron chi connectivity index (χ2n) is 3.66. The van der Waals surface area contributed by atoms with E-state index in [0.717, 1.165) is 0 Å². The van der Waals surface area contributed by atoms with E-state index in [0.29, 0.717) is 6.61 Å². The highest BCUT2D eigenvalue weighted by molar-refractivity contribution is 5.77. The van der Waals surface area contributed by atoms with Crippen LogP contribution in [0.5, 0.6) is 0 Å². The molecule has 1 saturated heterocycles. The molecule has 7 heteroatoms. The summed E-state index contributed by atoms with van der Waals surface area (Å²) in [5.41, 5.74) is 0. The maximum atomic E-state index is 11.1. The van der Waals surface area contributed by atoms with Gasteiger partial charge < -0.3 is 24.4 Å². The molecule has 2 atom stereocenters. The Bertz CT molecular complexity index is 261. The van der Waals surface area contributed by atoms with Crippen molar-refractivity contribution in [3.05, 3.63) is 0 Å². The van der Waals surface area contributed by atoms with Crippen molar-refractivity contribution in [2.24, 2.45) is 0 Å². The molecular weight excluding hydrogens is 232 g/mol. The Morgan fingerprint density at radius 2 is 1.88 bits per heavy atom. The number of esters is 2. The summed E-state index contributed by atoms with van der Waals surface area (Å²) in [5, 5.41) is 17.4. The predicted molar refractivity (Wildman–Crippen MR) is 54.0 cm³/mol. The maximum Gasteiger partial charge on any atom is 0.306 e. The Hall–Kier alpha value is -1.18. The van der Waals surface area contributed by atoms with Gasteiger partial charge in [-0.2, -0.15) is 0 Å². The van der Waals surface area contributed by atoms with Crippen LogP contribution in [0.1, 0.15) is 12.8 Å². The van der Waals surface area contributed by atoms with Crippen LogP contribution < -0.4 is 0 Å². The van der Waals surface area contributed by atoms with E-state index in [1.54, 1.807) is 0 Å². The zero-order valence-corrected chi connectivity index (χ0v) is 9.33. The molecule has 1 fully saturated rings. The zero-order chi connectivity index (χ0) is 12.7. The highest BCUT2D eigenvalue weighted by atomic mass is 16.6. The molecule has 0 aromatic heterocycles. The fraction of sp³-hybridized carbons (Fsp3) is 0.800. The number of ether oxygens (including phenoxy) is 3. The first-order valence-corrected chi connectivity index (χ1v) is 5.33. The van der Waals surface area contributed by atoms with Crippen molar-refractivity contribution in [1.82, 2.24) is 0 Å². The highest BCUT2D eigenvalue weighted by Gasteiger charge is 2.24. The molecule has 0 aromatic rings. The van der Waals surface area contributed by atoms with Crippen LogP contribution >= 0.6 is 0 Å². The van der Waals surface area contributed by atoms with E-state index in [9.17, 15) is 9.59 Å². The summed E-state index contributed by atoms with van der Waals surface area (Å²) >= 11 is 0. The zero-order valence-electron chi connectivity index (χ0n) is 9.33. The summed E-state index contributed by atoms with van der Waals surface area (Å²) in [5.74, 6) is -1.10. The van der Waals surface area contributed by atoms with Crippen molar-refractivity contribution in [2.75, 3.05) is 26.4 Å². The molecular formula is C10H16O7. The van der Waals surface area contributed by atoms with E-state index >= 15 is 0 Å². The van der Waals surface area contributed by atoms with Gasteiger partial charge in [0.2, 0.25) is 0 Å². The molecule has 1 heterocycles. The van der Waals surface area contributed by atoms with Crippen molar-refractivity contribution in [2.45, 2.75) is 25.0 Å². The van der Waals surface area contributed by atoms with Gasteiger partial charge in [-0.15, -0.1) is 0 Å². The van der Waals surface area contributed by atoms with Gasteiger partial charge in [0.15, 0.2) is 0 Å². The van der Waals surface area contributed by atoms with Gasteiger partial charge >= 0.3 is 11.9 Å². The summed E-state index contributed by atoms with van der Waals surface area (Å²) < 4.78 is 14.2. The van der Waals surface area contributed by atoms with Crippen LogP contribution in [0.25, 0.3) is 0 Å². The molecule has 2 unspecified atom stereocenters. The third kappa shape index (κ3) is 6.88. The van der Waals surface area contributed by atoms with E-state index in [-0.39, 0.29) is 32.2 Å². The monoisotopic (exact) mass is 248 g/mol. The lowest BCUT2D eigenvalue weighted by molar-refractivity contribution is -0.152. The summed E-state index contributed by atoms with van der Waals surface area (Å²) in [6, 6.07) is 0. The second kappa shape index (κ2) is 7.21. The Balaban J connectivity index is 1.99. The lowest BCUT2D eigenvalue weighted by Crippen LogP contribution is -2.22. The standard InChI is InChI=1S/C10H16O7/c11-3-7(12)4-16-9(13)1-2-10(14)17-6-8-5-15-8/h7-8,11-12H,1-6H2. The van der Waals surface area contributed by atoms with Crippen LogP contribution in [0.4, 0.5) is 0 Å². The molecule has 0 aromatic carbocycles. The van der Waals surface area contributed by atoms with Crippen molar-refractivity contribution in [3.63, 3.8) is 0 Å². The van der Waals surface area contributed by atoms with E-state index in [4.69, 9.17) is 19.7 Å². The minimum atomic E-state index is -1.09. The van der Waals surface area contributed by atoms with E-state index < -0.39 is 24.6 Å². The van der Waals surface area contributed by atoms with Gasteiger partial charge in [0.05, 0.1) is 26.1 Å². The minimum Gasteiger partial charge on any atom is -0.463 e. The topological polar surface area (TPSA) is 106 Å². The van der Waals surface area contributed by atoms with Gasteiger partial charge in [-0.1, -0.05) is 0 Å². The Labute approximate surface area is 98.3 Å². The van der Waals surface area contributed by atoms with Crippen LogP contribution in [-0.2, 0) is 23.8 Å². The molecule has 1 rings (SSSR count). The normalized spacial score (nSPS) is 19.5. The molecule has 1 aliphatic rings. The lowest BCUT2D eigenvalue weighted by atomic mass is 10.3. The fourth-order valence-electron chi connectivity index (χ4n) is 0.940. The molecule has 0 saturated carbocycles. The van der Waals surface area contributed by atoms with Crippen LogP contribution in [0.3, 0.4) is 0 Å². The third-order valence-electron chi connectivity index (χ3n) is 2.01. The van der Waals surface area contributed by atoms with Gasteiger partial charge in [-0.05, 0) is 0 Å². The molecule has 17 heavy (non-hydrogen) atoms. The summed E-state index contributed by atoms with van der Waals surface area (Å²) in [4.78, 5) is 22.2. The molecule has 1 aliphatic heterocycles. The minimum absolute atomic E-state index is 0.00519. The average molecular weight is 248 g/mol. The number of rotatable bonds is 8. The number of aliphatic hydroxyl groups is 2. The van der Waals surface area contributed by atoms with Crippen molar-refractivity contribution in [3.8, 4) is 0 Å². The van der Waals surface area contributed by atoms with Crippen LogP contribution in [0, 0.1) is 0 Å². The Morgan fingerprint density at radius 3 is 2.41 bits per heavy atom. The molecule has 0 aliphatic carbocycles. The van der Waals surface area contributed by atoms with Crippen molar-refractivity contribution in [1.29, 1.82) is 0 Å². The first-order valence-electron chi connectivity index (χ1n) is 5.33. The number of hydrogen-bond acceptors (Lipinski definition) is 7. The Kier molecular flexibility index (Phi) is 5.88. The SMILES string of the molecule is O=C(CCC(=O)OCC1CO1)OCC(O)CO. The number of aliphatic hydroxyl groups excluding tert-OH is 2. The molecule has 0 spiro atoms. The van der Waals surface area contributed by atoms with Gasteiger partial charge in [-0.3, -0.25) is 9.59 Å². The van der Waals surface area contributed by atoms with E-state index in [1.807, 2.05) is 0 Å². The van der Waals surface area contributed by atoms with Crippen LogP contribution in [0.2, 0.25) is 0 Å². The molecule has 98 valence electrons. The summed E-state index contributed by atoms with van der Waals surface area (Å²) in [6.07, 6.45) is -1.26. The van der Waals surface area contributed by atoms with Crippen molar-refractivity contribution >= 4 is 11.9 Å². The van der Waals surface area contributed by atoms with Crippen molar-refractivity contribution < 1.29 is 34.0 Å². The van der Waals surface area contributed by atoms with E-state index in [2.05, 4.69) is 4.74 Å². The largest absolute Gasteiger partial charge is 0.463 e. The third-order valence-corrected chi connectivity index (χ3v) is 2.01. The van der Waals surface area contributed by atoms with Crippen LogP contribution in [0.15, 0.2) is 0 Å². The average Bonchev–Trinajstić information content (AvgIpc) is 3.14. The van der Waals surface area contributed by atoms with Gasteiger partial charge in [-0.25, -0.2) is 0 Å². The van der Waals surface area contributed by atoms with E-state index in [1.165, 1.54) is 0 Å². The van der Waals surface area contributed by atoms with Gasteiger partial charge in [0.1, 0.15) is 25.4 Å². The highest BCUT2D eigenvalue weighted by Crippen LogP contribution is 2.09.